The molecule has 1 fully saturated rings. The number of carbonyl (C=O) groups is 1. The zero-order chi connectivity index (χ0) is 13.0. The Morgan fingerprint density at radius 3 is 3.00 bits per heavy atom. The number of hydrogen-bond acceptors (Lipinski definition) is 2. The average molecular weight is 244 g/mol. The van der Waals surface area contributed by atoms with Crippen LogP contribution in [0.25, 0.3) is 6.08 Å². The molecule has 18 heavy (non-hydrogen) atoms. The Balaban J connectivity index is 2.21. The monoisotopic (exact) mass is 244 g/mol. The van der Waals surface area contributed by atoms with Gasteiger partial charge in [-0.05, 0) is 48.1 Å². The zero-order valence-electron chi connectivity index (χ0n) is 11.1. The van der Waals surface area contributed by atoms with E-state index in [-0.39, 0.29) is 0 Å². The minimum atomic E-state index is 0.308. The normalized spacial score (nSPS) is 22.2. The summed E-state index contributed by atoms with van der Waals surface area (Å²) >= 11 is 0. The van der Waals surface area contributed by atoms with E-state index < -0.39 is 0 Å². The Bertz CT molecular complexity index is 460. The fourth-order valence-electron chi connectivity index (χ4n) is 2.44. The fourth-order valence-corrected chi connectivity index (χ4v) is 2.44. The van der Waals surface area contributed by atoms with Crippen LogP contribution in [0.3, 0.4) is 0 Å². The molecule has 0 N–H and O–H groups in total. The van der Waals surface area contributed by atoms with Crippen molar-refractivity contribution in [2.45, 2.75) is 32.6 Å². The second-order valence-corrected chi connectivity index (χ2v) is 4.89. The molecule has 2 rings (SSSR count). The maximum atomic E-state index is 11.9. The molecular weight excluding hydrogens is 224 g/mol. The molecule has 0 aromatic heterocycles. The van der Waals surface area contributed by atoms with Crippen LogP contribution < -0.4 is 4.74 Å². The van der Waals surface area contributed by atoms with Gasteiger partial charge in [-0.1, -0.05) is 25.5 Å². The van der Waals surface area contributed by atoms with E-state index in [1.54, 1.807) is 7.11 Å². The predicted molar refractivity (Wildman–Crippen MR) is 73.6 cm³/mol. The van der Waals surface area contributed by atoms with Crippen LogP contribution in [0.4, 0.5) is 0 Å². The molecule has 0 saturated heterocycles. The first-order valence-corrected chi connectivity index (χ1v) is 6.60. The maximum Gasteiger partial charge on any atom is 0.158 e. The summed E-state index contributed by atoms with van der Waals surface area (Å²) in [6.45, 7) is 2.20. The van der Waals surface area contributed by atoms with Crippen molar-refractivity contribution >= 4 is 11.9 Å². The number of carbonyl (C=O) groups excluding carboxylic acids is 1. The highest BCUT2D eigenvalue weighted by atomic mass is 16.5. The van der Waals surface area contributed by atoms with Crippen molar-refractivity contribution in [1.82, 2.24) is 0 Å². The predicted octanol–water partition coefficient (Wildman–Crippen LogP) is 3.86. The van der Waals surface area contributed by atoms with Crippen LogP contribution >= 0.6 is 0 Å². The maximum absolute atomic E-state index is 11.9. The first-order chi connectivity index (χ1) is 8.72. The van der Waals surface area contributed by atoms with Crippen LogP contribution in [-0.2, 0) is 4.79 Å². The number of benzene rings is 1. The third-order valence-electron chi connectivity index (χ3n) is 3.66. The van der Waals surface area contributed by atoms with Crippen molar-refractivity contribution in [3.05, 3.63) is 35.4 Å². The second kappa shape index (κ2) is 5.85. The minimum Gasteiger partial charge on any atom is -0.497 e. The summed E-state index contributed by atoms with van der Waals surface area (Å²) < 4.78 is 5.20. The number of hydrogen-bond donors (Lipinski definition) is 0. The Kier molecular flexibility index (Phi) is 4.19. The molecule has 2 nitrogen and oxygen atoms in total. The van der Waals surface area contributed by atoms with Crippen molar-refractivity contribution in [3.63, 3.8) is 0 Å². The third-order valence-corrected chi connectivity index (χ3v) is 3.66. The number of ether oxygens (including phenoxy) is 1. The lowest BCUT2D eigenvalue weighted by Gasteiger charge is -2.21. The Morgan fingerprint density at radius 2 is 2.28 bits per heavy atom. The lowest BCUT2D eigenvalue weighted by atomic mass is 9.82. The van der Waals surface area contributed by atoms with Crippen molar-refractivity contribution in [2.24, 2.45) is 5.92 Å². The molecule has 0 amide bonds. The number of rotatable bonds is 3. The number of ketones is 1. The topological polar surface area (TPSA) is 26.3 Å². The largest absolute Gasteiger partial charge is 0.497 e. The minimum absolute atomic E-state index is 0.308. The van der Waals surface area contributed by atoms with E-state index >= 15 is 0 Å². The van der Waals surface area contributed by atoms with E-state index in [9.17, 15) is 4.79 Å². The summed E-state index contributed by atoms with van der Waals surface area (Å²) in [5, 5.41) is 0. The van der Waals surface area contributed by atoms with Gasteiger partial charge in [0.05, 0.1) is 7.11 Å². The van der Waals surface area contributed by atoms with Crippen molar-refractivity contribution in [3.8, 4) is 5.75 Å². The summed E-state index contributed by atoms with van der Waals surface area (Å²) in [5.41, 5.74) is 2.02. The molecule has 0 heterocycles. The summed E-state index contributed by atoms with van der Waals surface area (Å²) in [5.74, 6) is 1.81. The van der Waals surface area contributed by atoms with E-state index in [1.165, 1.54) is 0 Å². The number of allylic oxidation sites excluding steroid dienone is 1. The van der Waals surface area contributed by atoms with Gasteiger partial charge < -0.3 is 4.74 Å². The van der Waals surface area contributed by atoms with Gasteiger partial charge in [0.1, 0.15) is 5.75 Å². The highest BCUT2D eigenvalue weighted by Gasteiger charge is 2.21. The molecule has 0 bridgehead atoms. The first kappa shape index (κ1) is 12.9. The molecular formula is C16H20O2. The van der Waals surface area contributed by atoms with Gasteiger partial charge in [-0.15, -0.1) is 0 Å². The number of methoxy groups -OCH3 is 1. The van der Waals surface area contributed by atoms with Gasteiger partial charge in [0.25, 0.3) is 0 Å². The van der Waals surface area contributed by atoms with E-state index in [4.69, 9.17) is 4.74 Å². The highest BCUT2D eigenvalue weighted by molar-refractivity contribution is 6.00. The molecule has 2 heteroatoms. The second-order valence-electron chi connectivity index (χ2n) is 4.89. The standard InChI is InChI=1S/C16H20O2/c1-3-12-7-8-16(17)14(9-12)10-13-5-4-6-15(11-13)18-2/h4-6,10-12H,3,7-9H2,1-2H3. The molecule has 96 valence electrons. The van der Waals surface area contributed by atoms with E-state index in [2.05, 4.69) is 6.92 Å². The molecule has 0 aliphatic heterocycles. The molecule has 0 radical (unpaired) electrons. The average Bonchev–Trinajstić information content (AvgIpc) is 2.41. The van der Waals surface area contributed by atoms with Gasteiger partial charge in [0, 0.05) is 6.42 Å². The summed E-state index contributed by atoms with van der Waals surface area (Å²) in [4.78, 5) is 11.9. The third kappa shape index (κ3) is 3.00. The van der Waals surface area contributed by atoms with Gasteiger partial charge in [-0.2, -0.15) is 0 Å². The van der Waals surface area contributed by atoms with Gasteiger partial charge in [0.2, 0.25) is 0 Å². The van der Waals surface area contributed by atoms with E-state index in [0.29, 0.717) is 18.1 Å². The van der Waals surface area contributed by atoms with Crippen molar-refractivity contribution in [1.29, 1.82) is 0 Å². The van der Waals surface area contributed by atoms with Crippen molar-refractivity contribution < 1.29 is 9.53 Å². The van der Waals surface area contributed by atoms with Gasteiger partial charge in [-0.25, -0.2) is 0 Å². The zero-order valence-corrected chi connectivity index (χ0v) is 11.1. The molecule has 1 aromatic carbocycles. The van der Waals surface area contributed by atoms with Crippen molar-refractivity contribution in [2.75, 3.05) is 7.11 Å². The van der Waals surface area contributed by atoms with Gasteiger partial charge >= 0.3 is 0 Å². The van der Waals surface area contributed by atoms with Crippen LogP contribution in [0.1, 0.15) is 38.2 Å². The lowest BCUT2D eigenvalue weighted by molar-refractivity contribution is -0.116. The van der Waals surface area contributed by atoms with Gasteiger partial charge in [-0.3, -0.25) is 4.79 Å². The summed E-state index contributed by atoms with van der Waals surface area (Å²) in [6.07, 6.45) is 5.85. The summed E-state index contributed by atoms with van der Waals surface area (Å²) in [7, 11) is 1.66. The smallest absolute Gasteiger partial charge is 0.158 e. The molecule has 1 unspecified atom stereocenters. The van der Waals surface area contributed by atoms with Crippen LogP contribution in [0.2, 0.25) is 0 Å². The Labute approximate surface area is 109 Å². The van der Waals surface area contributed by atoms with Crippen LogP contribution in [0.5, 0.6) is 5.75 Å². The van der Waals surface area contributed by atoms with Gasteiger partial charge in [0.15, 0.2) is 5.78 Å². The van der Waals surface area contributed by atoms with Crippen LogP contribution in [0, 0.1) is 5.92 Å². The fraction of sp³-hybridized carbons (Fsp3) is 0.438. The van der Waals surface area contributed by atoms with Crippen LogP contribution in [-0.4, -0.2) is 12.9 Å². The highest BCUT2D eigenvalue weighted by Crippen LogP contribution is 2.29. The summed E-state index contributed by atoms with van der Waals surface area (Å²) in [6, 6.07) is 7.85. The van der Waals surface area contributed by atoms with E-state index in [0.717, 1.165) is 36.1 Å². The lowest BCUT2D eigenvalue weighted by Crippen LogP contribution is -2.16. The molecule has 1 atom stereocenters. The molecule has 1 saturated carbocycles. The first-order valence-electron chi connectivity index (χ1n) is 6.60. The molecule has 0 spiro atoms. The Morgan fingerprint density at radius 1 is 1.44 bits per heavy atom. The number of Topliss-reactive ketones (excluding diaryl/α,β-unsaturated/α-hetero) is 1. The SMILES string of the molecule is CCC1CCC(=O)C(=Cc2cccc(OC)c2)C1. The molecule has 1 aliphatic carbocycles. The van der Waals surface area contributed by atoms with E-state index in [1.807, 2.05) is 30.3 Å². The molecule has 1 aliphatic rings. The Hall–Kier alpha value is -1.57. The quantitative estimate of drug-likeness (QED) is 0.755. The molecule has 1 aromatic rings. The van der Waals surface area contributed by atoms with Crippen LogP contribution in [0.15, 0.2) is 29.8 Å².